The van der Waals surface area contributed by atoms with Crippen LogP contribution in [0.25, 0.3) is 0 Å². The third-order valence-electron chi connectivity index (χ3n) is 2.23. The van der Waals surface area contributed by atoms with Crippen LogP contribution in [-0.2, 0) is 23.9 Å². The van der Waals surface area contributed by atoms with E-state index in [1.165, 1.54) is 13.8 Å². The van der Waals surface area contributed by atoms with Crippen molar-refractivity contribution in [2.24, 2.45) is 0 Å². The highest BCUT2D eigenvalue weighted by Gasteiger charge is 2.48. The molecule has 7 nitrogen and oxygen atoms in total. The van der Waals surface area contributed by atoms with E-state index in [-0.39, 0.29) is 25.2 Å². The number of nitrogens with one attached hydrogen (secondary N) is 1. The third-order valence-corrected chi connectivity index (χ3v) is 2.23. The zero-order chi connectivity index (χ0) is 14.3. The minimum absolute atomic E-state index is 0.0203. The summed E-state index contributed by atoms with van der Waals surface area (Å²) in [6.45, 7) is 3.85. The van der Waals surface area contributed by atoms with Crippen LogP contribution in [0.5, 0.6) is 0 Å². The maximum atomic E-state index is 11.7. The number of ether oxygens (including phenoxy) is 1. The normalized spacial score (nSPS) is 13.3. The van der Waals surface area contributed by atoms with Crippen LogP contribution in [0.15, 0.2) is 0 Å². The number of aliphatic carboxylic acids is 1. The van der Waals surface area contributed by atoms with Gasteiger partial charge in [0.25, 0.3) is 0 Å². The predicted octanol–water partition coefficient (Wildman–Crippen LogP) is -0.122. The second-order valence-electron chi connectivity index (χ2n) is 3.81. The Morgan fingerprint density at radius 1 is 1.22 bits per heavy atom. The van der Waals surface area contributed by atoms with E-state index in [2.05, 4.69) is 10.1 Å². The molecule has 1 unspecified atom stereocenters. The highest BCUT2D eigenvalue weighted by atomic mass is 16.5. The third kappa shape index (κ3) is 4.15. The SMILES string of the molecule is CCOC(=O)C(CCC(C)=O)(NC(C)=O)C(=O)O. The van der Waals surface area contributed by atoms with Crippen LogP contribution in [0, 0.1) is 0 Å². The fourth-order valence-electron chi connectivity index (χ4n) is 1.38. The number of hydrogen-bond donors (Lipinski definition) is 2. The van der Waals surface area contributed by atoms with Crippen LogP contribution >= 0.6 is 0 Å². The average molecular weight is 259 g/mol. The van der Waals surface area contributed by atoms with Gasteiger partial charge in [-0.15, -0.1) is 0 Å². The summed E-state index contributed by atoms with van der Waals surface area (Å²) in [5.74, 6) is -3.59. The van der Waals surface area contributed by atoms with Gasteiger partial charge in [-0.05, 0) is 20.3 Å². The molecule has 0 aromatic heterocycles. The van der Waals surface area contributed by atoms with Crippen molar-refractivity contribution in [3.05, 3.63) is 0 Å². The van der Waals surface area contributed by atoms with E-state index in [0.29, 0.717) is 0 Å². The lowest BCUT2D eigenvalue weighted by Crippen LogP contribution is -2.60. The van der Waals surface area contributed by atoms with Gasteiger partial charge in [-0.3, -0.25) is 4.79 Å². The van der Waals surface area contributed by atoms with E-state index in [1.807, 2.05) is 0 Å². The molecule has 0 bridgehead atoms. The molecule has 0 aromatic rings. The second-order valence-corrected chi connectivity index (χ2v) is 3.81. The largest absolute Gasteiger partial charge is 0.479 e. The molecule has 0 fully saturated rings. The molecule has 0 spiro atoms. The van der Waals surface area contributed by atoms with Crippen molar-refractivity contribution >= 4 is 23.6 Å². The van der Waals surface area contributed by atoms with Crippen LogP contribution in [0.2, 0.25) is 0 Å². The van der Waals surface area contributed by atoms with Gasteiger partial charge in [0.1, 0.15) is 5.78 Å². The standard InChI is InChI=1S/C11H17NO6/c1-4-18-10(17)11(9(15)16,12-8(3)14)6-5-7(2)13/h4-6H2,1-3H3,(H,12,14)(H,15,16). The summed E-state index contributed by atoms with van der Waals surface area (Å²) < 4.78 is 4.66. The molecule has 102 valence electrons. The molecule has 0 radical (unpaired) electrons. The Balaban J connectivity index is 5.27. The Bertz CT molecular complexity index is 365. The molecular weight excluding hydrogens is 242 g/mol. The van der Waals surface area contributed by atoms with Gasteiger partial charge in [0.2, 0.25) is 11.4 Å². The van der Waals surface area contributed by atoms with Gasteiger partial charge in [-0.25, -0.2) is 9.59 Å². The summed E-state index contributed by atoms with van der Waals surface area (Å²) in [7, 11) is 0. The zero-order valence-corrected chi connectivity index (χ0v) is 10.6. The summed E-state index contributed by atoms with van der Waals surface area (Å²) in [5.41, 5.74) is -2.20. The first kappa shape index (κ1) is 16.1. The van der Waals surface area contributed by atoms with Crippen molar-refractivity contribution in [2.75, 3.05) is 6.61 Å². The first-order valence-corrected chi connectivity index (χ1v) is 5.45. The molecular formula is C11H17NO6. The number of carboxylic acids is 1. The lowest BCUT2D eigenvalue weighted by molar-refractivity contribution is -0.165. The maximum Gasteiger partial charge on any atom is 0.343 e. The molecule has 0 heterocycles. The number of Topliss-reactive ketones (excluding diaryl/α,β-unsaturated/α-hetero) is 1. The zero-order valence-electron chi connectivity index (χ0n) is 10.6. The number of carbonyl (C=O) groups is 4. The first-order chi connectivity index (χ1) is 8.26. The molecule has 0 saturated heterocycles. The predicted molar refractivity (Wildman–Crippen MR) is 60.7 cm³/mol. The van der Waals surface area contributed by atoms with E-state index in [9.17, 15) is 19.2 Å². The van der Waals surface area contributed by atoms with E-state index in [1.54, 1.807) is 0 Å². The summed E-state index contributed by atoms with van der Waals surface area (Å²) in [4.78, 5) is 45.0. The van der Waals surface area contributed by atoms with Gasteiger partial charge in [-0.2, -0.15) is 0 Å². The number of hydrogen-bond acceptors (Lipinski definition) is 5. The molecule has 0 saturated carbocycles. The minimum Gasteiger partial charge on any atom is -0.479 e. The van der Waals surface area contributed by atoms with Crippen molar-refractivity contribution in [1.29, 1.82) is 0 Å². The van der Waals surface area contributed by atoms with E-state index in [4.69, 9.17) is 5.11 Å². The molecule has 0 aliphatic heterocycles. The lowest BCUT2D eigenvalue weighted by atomic mass is 9.92. The molecule has 1 amide bonds. The fraction of sp³-hybridized carbons (Fsp3) is 0.636. The van der Waals surface area contributed by atoms with Crippen molar-refractivity contribution < 1.29 is 29.0 Å². The summed E-state index contributed by atoms with van der Waals surface area (Å²) in [6.07, 6.45) is -0.485. The van der Waals surface area contributed by atoms with Crippen LogP contribution < -0.4 is 5.32 Å². The molecule has 1 atom stereocenters. The van der Waals surface area contributed by atoms with Gasteiger partial charge in [0.05, 0.1) is 6.61 Å². The van der Waals surface area contributed by atoms with Crippen molar-refractivity contribution in [2.45, 2.75) is 39.2 Å². The number of amides is 1. The van der Waals surface area contributed by atoms with Gasteiger partial charge in [0.15, 0.2) is 0 Å². The Hall–Kier alpha value is -1.92. The number of rotatable bonds is 7. The quantitative estimate of drug-likeness (QED) is 0.487. The van der Waals surface area contributed by atoms with Crippen molar-refractivity contribution in [3.8, 4) is 0 Å². The van der Waals surface area contributed by atoms with Gasteiger partial charge in [-0.1, -0.05) is 0 Å². The Morgan fingerprint density at radius 2 is 1.78 bits per heavy atom. The Labute approximate surface area is 104 Å². The van der Waals surface area contributed by atoms with E-state index >= 15 is 0 Å². The van der Waals surface area contributed by atoms with E-state index in [0.717, 1.165) is 6.92 Å². The van der Waals surface area contributed by atoms with Crippen LogP contribution in [0.4, 0.5) is 0 Å². The van der Waals surface area contributed by atoms with Gasteiger partial charge in [0, 0.05) is 13.3 Å². The Morgan fingerprint density at radius 3 is 2.11 bits per heavy atom. The maximum absolute atomic E-state index is 11.7. The van der Waals surface area contributed by atoms with Gasteiger partial charge >= 0.3 is 11.9 Å². The van der Waals surface area contributed by atoms with Crippen LogP contribution in [-0.4, -0.2) is 40.9 Å². The fourth-order valence-corrected chi connectivity index (χ4v) is 1.38. The number of carboxylic acid groups (broad SMARTS) is 1. The molecule has 0 aromatic carbocycles. The summed E-state index contributed by atoms with van der Waals surface area (Å²) >= 11 is 0. The molecule has 7 heteroatoms. The number of esters is 1. The lowest BCUT2D eigenvalue weighted by Gasteiger charge is -2.27. The van der Waals surface area contributed by atoms with Crippen molar-refractivity contribution in [1.82, 2.24) is 5.32 Å². The monoisotopic (exact) mass is 259 g/mol. The number of ketones is 1. The van der Waals surface area contributed by atoms with Crippen LogP contribution in [0.1, 0.15) is 33.6 Å². The van der Waals surface area contributed by atoms with Crippen LogP contribution in [0.3, 0.4) is 0 Å². The minimum atomic E-state index is -2.20. The van der Waals surface area contributed by atoms with Gasteiger partial charge < -0.3 is 20.0 Å². The van der Waals surface area contributed by atoms with Crippen molar-refractivity contribution in [3.63, 3.8) is 0 Å². The van der Waals surface area contributed by atoms with E-state index < -0.39 is 23.4 Å². The average Bonchev–Trinajstić information content (AvgIpc) is 2.23. The molecule has 0 rings (SSSR count). The molecule has 2 N–H and O–H groups in total. The number of carbonyl (C=O) groups excluding carboxylic acids is 3. The molecule has 18 heavy (non-hydrogen) atoms. The molecule has 0 aliphatic rings. The topological polar surface area (TPSA) is 110 Å². The summed E-state index contributed by atoms with van der Waals surface area (Å²) in [5, 5.41) is 11.2. The first-order valence-electron chi connectivity index (χ1n) is 5.45. The highest BCUT2D eigenvalue weighted by Crippen LogP contribution is 2.17. The summed E-state index contributed by atoms with van der Waals surface area (Å²) in [6, 6.07) is 0. The smallest absolute Gasteiger partial charge is 0.343 e. The molecule has 0 aliphatic carbocycles. The second kappa shape index (κ2) is 6.73. The highest BCUT2D eigenvalue weighted by molar-refractivity contribution is 6.07. The Kier molecular flexibility index (Phi) is 6.01.